The van der Waals surface area contributed by atoms with Gasteiger partial charge in [-0.1, -0.05) is 29.5 Å². The molecule has 0 saturated carbocycles. The van der Waals surface area contributed by atoms with Crippen LogP contribution in [0.1, 0.15) is 12.0 Å². The van der Waals surface area contributed by atoms with Gasteiger partial charge >= 0.3 is 0 Å². The van der Waals surface area contributed by atoms with Crippen molar-refractivity contribution in [3.05, 3.63) is 29.8 Å². The molecule has 3 heteroatoms. The normalized spacial score (nSPS) is 16.2. The number of thioether (sulfide) groups is 1. The second kappa shape index (κ2) is 4.51. The van der Waals surface area contributed by atoms with E-state index in [4.69, 9.17) is 4.74 Å². The van der Waals surface area contributed by atoms with Crippen LogP contribution in [0.3, 0.4) is 0 Å². The third kappa shape index (κ3) is 2.51. The standard InChI is InChI=1S/C11H13NOS/c1-9-3-5-10(6-4-9)13-11-12-7-2-8-14-11/h3-6H,2,7-8H2,1H3. The van der Waals surface area contributed by atoms with Crippen molar-refractivity contribution in [3.8, 4) is 5.75 Å². The van der Waals surface area contributed by atoms with E-state index in [0.717, 1.165) is 29.7 Å². The van der Waals surface area contributed by atoms with Gasteiger partial charge in [-0.15, -0.1) is 0 Å². The van der Waals surface area contributed by atoms with Gasteiger partial charge in [-0.05, 0) is 25.5 Å². The summed E-state index contributed by atoms with van der Waals surface area (Å²) in [6.07, 6.45) is 1.16. The van der Waals surface area contributed by atoms with Crippen LogP contribution in [0.2, 0.25) is 0 Å². The minimum absolute atomic E-state index is 0.806. The first kappa shape index (κ1) is 9.59. The number of aryl methyl sites for hydroxylation is 1. The molecule has 0 radical (unpaired) electrons. The minimum atomic E-state index is 0.806. The Morgan fingerprint density at radius 2 is 2.07 bits per heavy atom. The Balaban J connectivity index is 2.03. The number of nitrogens with zero attached hydrogens (tertiary/aromatic N) is 1. The number of aliphatic imine (C=N–C) groups is 1. The van der Waals surface area contributed by atoms with E-state index in [1.807, 2.05) is 24.3 Å². The van der Waals surface area contributed by atoms with E-state index in [0.29, 0.717) is 0 Å². The van der Waals surface area contributed by atoms with Crippen molar-refractivity contribution in [2.45, 2.75) is 13.3 Å². The molecule has 0 aliphatic carbocycles. The van der Waals surface area contributed by atoms with Gasteiger partial charge in [0.05, 0.1) is 0 Å². The topological polar surface area (TPSA) is 21.6 Å². The van der Waals surface area contributed by atoms with Gasteiger partial charge in [0.25, 0.3) is 5.23 Å². The molecule has 0 amide bonds. The second-order valence-electron chi connectivity index (χ2n) is 3.26. The van der Waals surface area contributed by atoms with Crippen molar-refractivity contribution in [3.63, 3.8) is 0 Å². The number of ether oxygens (including phenoxy) is 1. The molecule has 0 N–H and O–H groups in total. The third-order valence-corrected chi connectivity index (χ3v) is 2.95. The van der Waals surface area contributed by atoms with Crippen LogP contribution in [-0.4, -0.2) is 17.5 Å². The molecule has 2 rings (SSSR count). The molecule has 1 aromatic rings. The number of hydrogen-bond donors (Lipinski definition) is 0. The molecular formula is C11H13NOS. The lowest BCUT2D eigenvalue weighted by molar-refractivity contribution is 0.560. The maximum Gasteiger partial charge on any atom is 0.251 e. The highest BCUT2D eigenvalue weighted by atomic mass is 32.2. The lowest BCUT2D eigenvalue weighted by Crippen LogP contribution is -2.10. The van der Waals surface area contributed by atoms with Gasteiger partial charge in [-0.25, -0.2) is 4.99 Å². The van der Waals surface area contributed by atoms with Crippen molar-refractivity contribution in [1.29, 1.82) is 0 Å². The predicted octanol–water partition coefficient (Wildman–Crippen LogP) is 2.87. The van der Waals surface area contributed by atoms with Crippen LogP contribution in [0, 0.1) is 6.92 Å². The Morgan fingerprint density at radius 3 is 2.71 bits per heavy atom. The molecular weight excluding hydrogens is 194 g/mol. The average Bonchev–Trinajstić information content (AvgIpc) is 2.23. The predicted molar refractivity (Wildman–Crippen MR) is 61.2 cm³/mol. The second-order valence-corrected chi connectivity index (χ2v) is 4.31. The summed E-state index contributed by atoms with van der Waals surface area (Å²) >= 11 is 1.69. The van der Waals surface area contributed by atoms with Crippen molar-refractivity contribution >= 4 is 17.0 Å². The summed E-state index contributed by atoms with van der Waals surface area (Å²) in [6.45, 7) is 2.96. The molecule has 2 nitrogen and oxygen atoms in total. The molecule has 0 unspecified atom stereocenters. The van der Waals surface area contributed by atoms with Gasteiger partial charge in [0, 0.05) is 12.3 Å². The van der Waals surface area contributed by atoms with Crippen LogP contribution in [0.25, 0.3) is 0 Å². The van der Waals surface area contributed by atoms with Crippen LogP contribution >= 0.6 is 11.8 Å². The zero-order valence-corrected chi connectivity index (χ0v) is 9.01. The average molecular weight is 207 g/mol. The summed E-state index contributed by atoms with van der Waals surface area (Å²) in [7, 11) is 0. The summed E-state index contributed by atoms with van der Waals surface area (Å²) < 4.78 is 5.62. The summed E-state index contributed by atoms with van der Waals surface area (Å²) in [4.78, 5) is 4.30. The largest absolute Gasteiger partial charge is 0.434 e. The monoisotopic (exact) mass is 207 g/mol. The fourth-order valence-electron chi connectivity index (χ4n) is 1.21. The fourth-order valence-corrected chi connectivity index (χ4v) is 1.99. The van der Waals surface area contributed by atoms with Gasteiger partial charge in [-0.2, -0.15) is 0 Å². The summed E-state index contributed by atoms with van der Waals surface area (Å²) in [5.41, 5.74) is 1.25. The van der Waals surface area contributed by atoms with Crippen LogP contribution in [-0.2, 0) is 0 Å². The summed E-state index contributed by atoms with van der Waals surface area (Å²) in [5.74, 6) is 1.99. The highest BCUT2D eigenvalue weighted by Gasteiger charge is 2.07. The SMILES string of the molecule is Cc1ccc(OC2=NCCCS2)cc1. The van der Waals surface area contributed by atoms with E-state index < -0.39 is 0 Å². The summed E-state index contributed by atoms with van der Waals surface area (Å²) in [6, 6.07) is 8.05. The first-order valence-corrected chi connectivity index (χ1v) is 5.75. The molecule has 1 heterocycles. The van der Waals surface area contributed by atoms with Gasteiger partial charge < -0.3 is 4.74 Å². The van der Waals surface area contributed by atoms with Crippen LogP contribution in [0.4, 0.5) is 0 Å². The molecule has 1 aliphatic rings. The molecule has 74 valence electrons. The van der Waals surface area contributed by atoms with Gasteiger partial charge in [0.15, 0.2) is 0 Å². The van der Waals surface area contributed by atoms with Crippen molar-refractivity contribution in [2.24, 2.45) is 4.99 Å². The van der Waals surface area contributed by atoms with Crippen LogP contribution in [0.15, 0.2) is 29.3 Å². The van der Waals surface area contributed by atoms with Gasteiger partial charge in [0.1, 0.15) is 5.75 Å². The lowest BCUT2D eigenvalue weighted by atomic mass is 10.2. The quantitative estimate of drug-likeness (QED) is 0.706. The van der Waals surface area contributed by atoms with Crippen molar-refractivity contribution in [1.82, 2.24) is 0 Å². The Morgan fingerprint density at radius 1 is 1.29 bits per heavy atom. The number of rotatable bonds is 1. The molecule has 0 aromatic heterocycles. The molecule has 0 saturated heterocycles. The number of benzene rings is 1. The summed E-state index contributed by atoms with van der Waals surface area (Å²) in [5, 5.41) is 0.806. The van der Waals surface area contributed by atoms with E-state index in [-0.39, 0.29) is 0 Å². The highest BCUT2D eigenvalue weighted by Crippen LogP contribution is 2.18. The molecule has 1 aliphatic heterocycles. The first-order chi connectivity index (χ1) is 6.84. The van der Waals surface area contributed by atoms with E-state index in [9.17, 15) is 0 Å². The van der Waals surface area contributed by atoms with E-state index in [2.05, 4.69) is 11.9 Å². The van der Waals surface area contributed by atoms with Gasteiger partial charge in [-0.3, -0.25) is 0 Å². The zero-order chi connectivity index (χ0) is 9.80. The van der Waals surface area contributed by atoms with Crippen LogP contribution in [0.5, 0.6) is 5.75 Å². The zero-order valence-electron chi connectivity index (χ0n) is 8.19. The number of hydrogen-bond acceptors (Lipinski definition) is 3. The van der Waals surface area contributed by atoms with E-state index >= 15 is 0 Å². The molecule has 14 heavy (non-hydrogen) atoms. The van der Waals surface area contributed by atoms with Crippen LogP contribution < -0.4 is 4.74 Å². The van der Waals surface area contributed by atoms with Gasteiger partial charge in [0.2, 0.25) is 0 Å². The minimum Gasteiger partial charge on any atom is -0.434 e. The first-order valence-electron chi connectivity index (χ1n) is 4.76. The Kier molecular flexibility index (Phi) is 3.09. The van der Waals surface area contributed by atoms with Crippen molar-refractivity contribution < 1.29 is 4.74 Å². The van der Waals surface area contributed by atoms with E-state index in [1.54, 1.807) is 11.8 Å². The lowest BCUT2D eigenvalue weighted by Gasteiger charge is -2.11. The Bertz CT molecular complexity index is 332. The van der Waals surface area contributed by atoms with E-state index in [1.165, 1.54) is 5.56 Å². The fraction of sp³-hybridized carbons (Fsp3) is 0.364. The Hall–Kier alpha value is -0.960. The highest BCUT2D eigenvalue weighted by molar-refractivity contribution is 8.13. The molecule has 0 spiro atoms. The molecule has 0 fully saturated rings. The smallest absolute Gasteiger partial charge is 0.251 e. The Labute approximate surface area is 88.4 Å². The molecule has 0 bridgehead atoms. The maximum atomic E-state index is 5.62. The third-order valence-electron chi connectivity index (χ3n) is 2.00. The maximum absolute atomic E-state index is 5.62. The molecule has 0 atom stereocenters. The molecule has 1 aromatic carbocycles. The van der Waals surface area contributed by atoms with Crippen molar-refractivity contribution in [2.75, 3.05) is 12.3 Å².